The number of halogens is 2. The van der Waals surface area contributed by atoms with Gasteiger partial charge in [-0.2, -0.15) is 8.78 Å². The van der Waals surface area contributed by atoms with E-state index in [1.807, 2.05) is 0 Å². The first kappa shape index (κ1) is 11.1. The molecule has 0 aliphatic rings. The van der Waals surface area contributed by atoms with Crippen LogP contribution in [0.1, 0.15) is 5.56 Å². The molecule has 0 aliphatic carbocycles. The van der Waals surface area contributed by atoms with Crippen LogP contribution in [0.5, 0.6) is 5.88 Å². The van der Waals surface area contributed by atoms with Gasteiger partial charge in [-0.3, -0.25) is 10.1 Å². The topological polar surface area (TPSA) is 79.3 Å². The Balaban J connectivity index is 3.24. The summed E-state index contributed by atoms with van der Waals surface area (Å²) < 4.78 is 27.6. The molecule has 0 aliphatic heterocycles. The highest BCUT2D eigenvalue weighted by Crippen LogP contribution is 2.24. The molecule has 0 saturated heterocycles. The monoisotopic (exact) mass is 220 g/mol. The largest absolute Gasteiger partial charge is 0.616 e. The van der Waals surface area contributed by atoms with Gasteiger partial charge in [0.2, 0.25) is 0 Å². The van der Waals surface area contributed by atoms with Crippen LogP contribution in [0.2, 0.25) is 0 Å². The fourth-order valence-electron chi connectivity index (χ4n) is 1.03. The first-order valence-corrected chi connectivity index (χ1v) is 3.75. The minimum atomic E-state index is -3.20. The normalized spacial score (nSPS) is 10.4. The quantitative estimate of drug-likeness (QED) is 0.331. The molecule has 1 heterocycles. The van der Waals surface area contributed by atoms with Gasteiger partial charge in [0.15, 0.2) is 6.20 Å². The lowest BCUT2D eigenvalue weighted by molar-refractivity contribution is -0.616. The smallest absolute Gasteiger partial charge is 0.393 e. The Morgan fingerprint density at radius 2 is 2.20 bits per heavy atom. The van der Waals surface area contributed by atoms with Crippen molar-refractivity contribution < 1.29 is 23.2 Å². The van der Waals surface area contributed by atoms with Crippen LogP contribution < -0.4 is 9.47 Å². The maximum absolute atomic E-state index is 11.9. The number of pyridine rings is 1. The Labute approximate surface area is 82.4 Å². The molecule has 0 fully saturated rings. The summed E-state index contributed by atoms with van der Waals surface area (Å²) in [6.45, 7) is -2.05. The molecule has 6 nitrogen and oxygen atoms in total. The van der Waals surface area contributed by atoms with E-state index in [1.165, 1.54) is 0 Å². The minimum absolute atomic E-state index is 0.00843. The molecule has 0 unspecified atom stereocenters. The minimum Gasteiger partial charge on any atom is -0.616 e. The van der Waals surface area contributed by atoms with Gasteiger partial charge in [-0.05, 0) is 6.92 Å². The summed E-state index contributed by atoms with van der Waals surface area (Å²) in [6.07, 6.45) is 0.739. The second-order valence-electron chi connectivity index (χ2n) is 2.59. The van der Waals surface area contributed by atoms with E-state index in [-0.39, 0.29) is 10.3 Å². The third-order valence-corrected chi connectivity index (χ3v) is 1.67. The van der Waals surface area contributed by atoms with Crippen LogP contribution in [0.4, 0.5) is 14.5 Å². The average Bonchev–Trinajstić information content (AvgIpc) is 2.11. The van der Waals surface area contributed by atoms with Crippen molar-refractivity contribution >= 4 is 5.69 Å². The van der Waals surface area contributed by atoms with Crippen molar-refractivity contribution in [1.29, 1.82) is 0 Å². The SMILES string of the molecule is Cc1c([N+](=O)[O-])cc[n+]([O-])c1OC(F)F. The van der Waals surface area contributed by atoms with Gasteiger partial charge in [0.25, 0.3) is 5.69 Å². The number of rotatable bonds is 3. The fraction of sp³-hybridized carbons (Fsp3) is 0.286. The van der Waals surface area contributed by atoms with E-state index in [1.54, 1.807) is 0 Å². The molecule has 1 aromatic heterocycles. The van der Waals surface area contributed by atoms with Gasteiger partial charge in [-0.25, -0.2) is 0 Å². The highest BCUT2D eigenvalue weighted by atomic mass is 19.3. The van der Waals surface area contributed by atoms with Gasteiger partial charge in [0.05, 0.1) is 11.0 Å². The number of nitro groups is 1. The lowest BCUT2D eigenvalue weighted by atomic mass is 10.2. The second kappa shape index (κ2) is 4.03. The maximum Gasteiger partial charge on any atom is 0.393 e. The number of alkyl halides is 2. The van der Waals surface area contributed by atoms with Gasteiger partial charge < -0.3 is 9.94 Å². The van der Waals surface area contributed by atoms with E-state index < -0.39 is 23.1 Å². The summed E-state index contributed by atoms with van der Waals surface area (Å²) in [5.74, 6) is -0.765. The lowest BCUT2D eigenvalue weighted by Gasteiger charge is -2.07. The molecule has 0 saturated carbocycles. The van der Waals surface area contributed by atoms with Crippen LogP contribution >= 0.6 is 0 Å². The van der Waals surface area contributed by atoms with Crippen molar-refractivity contribution in [1.82, 2.24) is 0 Å². The number of nitrogens with zero attached hydrogens (tertiary/aromatic N) is 2. The van der Waals surface area contributed by atoms with Crippen LogP contribution in [0, 0.1) is 22.2 Å². The van der Waals surface area contributed by atoms with E-state index >= 15 is 0 Å². The summed E-state index contributed by atoms with van der Waals surface area (Å²) in [6, 6.07) is 0.917. The maximum atomic E-state index is 11.9. The molecule has 0 amide bonds. The molecule has 82 valence electrons. The number of hydrogen-bond donors (Lipinski definition) is 0. The first-order valence-electron chi connectivity index (χ1n) is 3.75. The van der Waals surface area contributed by atoms with E-state index in [2.05, 4.69) is 4.74 Å². The van der Waals surface area contributed by atoms with Crippen LogP contribution in [0.3, 0.4) is 0 Å². The Morgan fingerprint density at radius 1 is 1.60 bits per heavy atom. The Morgan fingerprint density at radius 3 is 2.67 bits per heavy atom. The Bertz CT molecular complexity index is 397. The summed E-state index contributed by atoms with van der Waals surface area (Å²) in [7, 11) is 0. The number of hydrogen-bond acceptors (Lipinski definition) is 4. The molecule has 1 aromatic rings. The van der Waals surface area contributed by atoms with E-state index in [4.69, 9.17) is 0 Å². The first-order chi connectivity index (χ1) is 6.93. The third-order valence-electron chi connectivity index (χ3n) is 1.67. The van der Waals surface area contributed by atoms with Crippen LogP contribution in [0.15, 0.2) is 12.3 Å². The van der Waals surface area contributed by atoms with Gasteiger partial charge in [-0.1, -0.05) is 0 Å². The highest BCUT2D eigenvalue weighted by Gasteiger charge is 2.25. The molecule has 0 N–H and O–H groups in total. The van der Waals surface area contributed by atoms with Crippen molar-refractivity contribution in [2.75, 3.05) is 0 Å². The van der Waals surface area contributed by atoms with Crippen LogP contribution in [-0.4, -0.2) is 11.5 Å². The summed E-state index contributed by atoms with van der Waals surface area (Å²) >= 11 is 0. The zero-order chi connectivity index (χ0) is 11.6. The van der Waals surface area contributed by atoms with E-state index in [0.29, 0.717) is 0 Å². The van der Waals surface area contributed by atoms with Gasteiger partial charge in [0, 0.05) is 0 Å². The van der Waals surface area contributed by atoms with Crippen molar-refractivity contribution in [3.05, 3.63) is 33.1 Å². The van der Waals surface area contributed by atoms with Crippen molar-refractivity contribution in [2.45, 2.75) is 13.5 Å². The molecule has 0 atom stereocenters. The van der Waals surface area contributed by atoms with Crippen molar-refractivity contribution in [3.8, 4) is 5.88 Å². The summed E-state index contributed by atoms with van der Waals surface area (Å²) in [4.78, 5) is 9.64. The molecule has 15 heavy (non-hydrogen) atoms. The molecule has 1 rings (SSSR count). The van der Waals surface area contributed by atoms with Crippen LogP contribution in [-0.2, 0) is 0 Å². The molecule has 0 aromatic carbocycles. The zero-order valence-electron chi connectivity index (χ0n) is 7.52. The fourth-order valence-corrected chi connectivity index (χ4v) is 1.03. The van der Waals surface area contributed by atoms with Crippen LogP contribution in [0.25, 0.3) is 0 Å². The van der Waals surface area contributed by atoms with Crippen molar-refractivity contribution in [3.63, 3.8) is 0 Å². The highest BCUT2D eigenvalue weighted by molar-refractivity contribution is 5.41. The van der Waals surface area contributed by atoms with Crippen molar-refractivity contribution in [2.24, 2.45) is 0 Å². The van der Waals surface area contributed by atoms with Gasteiger partial charge >= 0.3 is 12.5 Å². The third kappa shape index (κ3) is 2.27. The molecule has 8 heteroatoms. The summed E-state index contributed by atoms with van der Waals surface area (Å²) in [5.41, 5.74) is -0.685. The Kier molecular flexibility index (Phi) is 2.98. The van der Waals surface area contributed by atoms with E-state index in [9.17, 15) is 24.1 Å². The van der Waals surface area contributed by atoms with Gasteiger partial charge in [0.1, 0.15) is 5.56 Å². The predicted octanol–water partition coefficient (Wildman–Crippen LogP) is 1.14. The standard InChI is InChI=1S/C7H6F2N2O4/c1-4-5(11(13)14)2-3-10(12)6(4)15-7(8)9/h2-3,7H,1H3. The second-order valence-corrected chi connectivity index (χ2v) is 2.59. The molecular formula is C7H6F2N2O4. The molecule has 0 radical (unpaired) electrons. The molecule has 0 bridgehead atoms. The zero-order valence-corrected chi connectivity index (χ0v) is 7.52. The number of aromatic nitrogens is 1. The van der Waals surface area contributed by atoms with Gasteiger partial charge in [-0.15, -0.1) is 4.73 Å². The average molecular weight is 220 g/mol. The molecular weight excluding hydrogens is 214 g/mol. The number of ether oxygens (including phenoxy) is 1. The predicted molar refractivity (Wildman–Crippen MR) is 43.4 cm³/mol. The Hall–Kier alpha value is -1.99. The molecule has 0 spiro atoms. The lowest BCUT2D eigenvalue weighted by Crippen LogP contribution is -2.30. The van der Waals surface area contributed by atoms with E-state index in [0.717, 1.165) is 19.2 Å². The summed E-state index contributed by atoms with van der Waals surface area (Å²) in [5, 5.41) is 21.4.